The molecule has 0 aliphatic carbocycles. The monoisotopic (exact) mass is 308 g/mol. The van der Waals surface area contributed by atoms with Gasteiger partial charge in [0.25, 0.3) is 5.79 Å². The molecule has 1 aliphatic rings. The van der Waals surface area contributed by atoms with Crippen LogP contribution in [-0.4, -0.2) is 33.7 Å². The number of carbonyl (C=O) groups is 3. The van der Waals surface area contributed by atoms with Crippen molar-refractivity contribution in [2.24, 2.45) is 5.92 Å². The highest BCUT2D eigenvalue weighted by molar-refractivity contribution is 6.15. The molecular weight excluding hydrogens is 292 g/mol. The molecule has 1 aromatic rings. The summed E-state index contributed by atoms with van der Waals surface area (Å²) < 4.78 is 9.78. The summed E-state index contributed by atoms with van der Waals surface area (Å²) >= 11 is 0. The summed E-state index contributed by atoms with van der Waals surface area (Å²) in [5.41, 5.74) is 0.585. The molecular formula is C15H16O7. The highest BCUT2D eigenvalue weighted by atomic mass is 16.7. The van der Waals surface area contributed by atoms with E-state index in [4.69, 9.17) is 9.47 Å². The van der Waals surface area contributed by atoms with Gasteiger partial charge in [-0.3, -0.25) is 14.4 Å². The topological polar surface area (TPSA) is 110 Å². The van der Waals surface area contributed by atoms with E-state index in [1.165, 1.54) is 32.0 Å². The number of rotatable bonds is 4. The van der Waals surface area contributed by atoms with Gasteiger partial charge in [0, 0.05) is 20.3 Å². The second-order valence-electron chi connectivity index (χ2n) is 5.46. The normalized spacial score (nSPS) is 17.7. The smallest absolute Gasteiger partial charge is 0.331 e. The number of phenolic OH excluding ortho intramolecular Hbond substituents is 2. The van der Waals surface area contributed by atoms with Gasteiger partial charge in [0.1, 0.15) is 0 Å². The summed E-state index contributed by atoms with van der Waals surface area (Å²) in [5.74, 6) is -5.95. The highest BCUT2D eigenvalue weighted by Gasteiger charge is 2.46. The maximum absolute atomic E-state index is 12.0. The molecule has 0 saturated carbocycles. The Balaban J connectivity index is 2.01. The van der Waals surface area contributed by atoms with Gasteiger partial charge < -0.3 is 19.7 Å². The van der Waals surface area contributed by atoms with Crippen LogP contribution in [0, 0.1) is 5.92 Å². The molecule has 1 aliphatic heterocycles. The van der Waals surface area contributed by atoms with Crippen molar-refractivity contribution >= 4 is 17.7 Å². The van der Waals surface area contributed by atoms with Crippen molar-refractivity contribution in [1.29, 1.82) is 0 Å². The molecule has 0 amide bonds. The van der Waals surface area contributed by atoms with Gasteiger partial charge in [-0.1, -0.05) is 6.07 Å². The van der Waals surface area contributed by atoms with Gasteiger partial charge in [0.15, 0.2) is 17.3 Å². The predicted molar refractivity (Wildman–Crippen MR) is 72.9 cm³/mol. The molecule has 0 spiro atoms. The van der Waals surface area contributed by atoms with E-state index in [2.05, 4.69) is 0 Å². The number of hydrogen-bond donors (Lipinski definition) is 2. The maximum Gasteiger partial charge on any atom is 0.331 e. The van der Waals surface area contributed by atoms with Gasteiger partial charge in [0.05, 0.1) is 0 Å². The molecule has 118 valence electrons. The minimum Gasteiger partial charge on any atom is -0.504 e. The third-order valence-corrected chi connectivity index (χ3v) is 3.19. The molecule has 0 bridgehead atoms. The van der Waals surface area contributed by atoms with Crippen LogP contribution in [0.4, 0.5) is 0 Å². The Morgan fingerprint density at radius 3 is 2.27 bits per heavy atom. The van der Waals surface area contributed by atoms with Gasteiger partial charge in [-0.2, -0.15) is 0 Å². The summed E-state index contributed by atoms with van der Waals surface area (Å²) in [4.78, 5) is 35.6. The number of ketones is 1. The summed E-state index contributed by atoms with van der Waals surface area (Å²) in [5, 5.41) is 18.6. The molecule has 7 nitrogen and oxygen atoms in total. The number of Topliss-reactive ketones (excluding diaryl/α,β-unsaturated/α-hetero) is 1. The van der Waals surface area contributed by atoms with E-state index in [9.17, 15) is 24.6 Å². The molecule has 0 unspecified atom stereocenters. The van der Waals surface area contributed by atoms with Crippen LogP contribution in [0.25, 0.3) is 0 Å². The Morgan fingerprint density at radius 1 is 1.14 bits per heavy atom. The molecule has 1 heterocycles. The third-order valence-electron chi connectivity index (χ3n) is 3.19. The third kappa shape index (κ3) is 3.36. The Kier molecular flexibility index (Phi) is 4.07. The van der Waals surface area contributed by atoms with Gasteiger partial charge in [0.2, 0.25) is 5.92 Å². The molecule has 1 saturated heterocycles. The van der Waals surface area contributed by atoms with E-state index in [-0.39, 0.29) is 24.3 Å². The lowest BCUT2D eigenvalue weighted by molar-refractivity contribution is -0.238. The number of aryl methyl sites for hydroxylation is 1. The number of benzene rings is 1. The molecule has 1 fully saturated rings. The fraction of sp³-hybridized carbons (Fsp3) is 0.400. The average molecular weight is 308 g/mol. The van der Waals surface area contributed by atoms with E-state index in [0.717, 1.165) is 0 Å². The lowest BCUT2D eigenvalue weighted by atomic mass is 9.97. The first-order chi connectivity index (χ1) is 10.2. The van der Waals surface area contributed by atoms with Crippen LogP contribution >= 0.6 is 0 Å². The van der Waals surface area contributed by atoms with E-state index in [1.807, 2.05) is 0 Å². The van der Waals surface area contributed by atoms with Gasteiger partial charge in [-0.25, -0.2) is 0 Å². The molecule has 7 heteroatoms. The van der Waals surface area contributed by atoms with Crippen molar-refractivity contribution in [2.75, 3.05) is 0 Å². The second-order valence-corrected chi connectivity index (χ2v) is 5.46. The van der Waals surface area contributed by atoms with Crippen LogP contribution in [0.1, 0.15) is 25.8 Å². The van der Waals surface area contributed by atoms with Crippen molar-refractivity contribution in [3.63, 3.8) is 0 Å². The van der Waals surface area contributed by atoms with Crippen molar-refractivity contribution < 1.29 is 34.1 Å². The molecule has 0 radical (unpaired) electrons. The van der Waals surface area contributed by atoms with Gasteiger partial charge in [-0.15, -0.1) is 0 Å². The Labute approximate surface area is 126 Å². The van der Waals surface area contributed by atoms with E-state index >= 15 is 0 Å². The lowest BCUT2D eigenvalue weighted by Crippen LogP contribution is -2.49. The van der Waals surface area contributed by atoms with Crippen LogP contribution in [0.2, 0.25) is 0 Å². The zero-order valence-electron chi connectivity index (χ0n) is 12.2. The van der Waals surface area contributed by atoms with Crippen LogP contribution < -0.4 is 0 Å². The number of ether oxygens (including phenoxy) is 2. The van der Waals surface area contributed by atoms with E-state index in [1.54, 1.807) is 0 Å². The van der Waals surface area contributed by atoms with Crippen molar-refractivity contribution in [1.82, 2.24) is 0 Å². The summed E-state index contributed by atoms with van der Waals surface area (Å²) in [6.07, 6.45) is 0.104. The quantitative estimate of drug-likeness (QED) is 0.486. The standard InChI is InChI=1S/C15H16O7/c1-15(2)21-13(19)12(14(20)22-15)10(17)6-4-8-3-5-9(16)11(18)7-8/h3,5,7,12,16,18H,4,6H2,1-2H3. The minimum atomic E-state index is -1.57. The number of aromatic hydroxyl groups is 2. The number of phenols is 2. The Hall–Kier alpha value is -2.57. The van der Waals surface area contributed by atoms with E-state index < -0.39 is 29.4 Å². The van der Waals surface area contributed by atoms with E-state index in [0.29, 0.717) is 5.56 Å². The Bertz CT molecular complexity index is 613. The number of cyclic esters (lactones) is 2. The first-order valence-electron chi connectivity index (χ1n) is 6.69. The number of esters is 2. The van der Waals surface area contributed by atoms with Crippen molar-refractivity contribution in [2.45, 2.75) is 32.5 Å². The van der Waals surface area contributed by atoms with Gasteiger partial charge in [-0.05, 0) is 24.1 Å². The lowest BCUT2D eigenvalue weighted by Gasteiger charge is -2.32. The van der Waals surface area contributed by atoms with Crippen LogP contribution in [0.15, 0.2) is 18.2 Å². The number of hydrogen-bond acceptors (Lipinski definition) is 7. The second kappa shape index (κ2) is 5.67. The Morgan fingerprint density at radius 2 is 1.73 bits per heavy atom. The first kappa shape index (κ1) is 15.8. The van der Waals surface area contributed by atoms with Gasteiger partial charge >= 0.3 is 11.9 Å². The first-order valence-corrected chi connectivity index (χ1v) is 6.69. The average Bonchev–Trinajstić information content (AvgIpc) is 2.37. The minimum absolute atomic E-state index is 0.0977. The largest absolute Gasteiger partial charge is 0.504 e. The molecule has 1 aromatic carbocycles. The zero-order chi connectivity index (χ0) is 16.5. The molecule has 22 heavy (non-hydrogen) atoms. The zero-order valence-corrected chi connectivity index (χ0v) is 12.2. The van der Waals surface area contributed by atoms with Crippen LogP contribution in [0.3, 0.4) is 0 Å². The summed E-state index contributed by atoms with van der Waals surface area (Å²) in [7, 11) is 0. The van der Waals surface area contributed by atoms with Crippen LogP contribution in [-0.2, 0) is 30.3 Å². The van der Waals surface area contributed by atoms with Crippen molar-refractivity contribution in [3.8, 4) is 11.5 Å². The summed E-state index contributed by atoms with van der Waals surface area (Å²) in [6, 6.07) is 4.13. The molecule has 0 atom stereocenters. The fourth-order valence-corrected chi connectivity index (χ4v) is 2.12. The van der Waals surface area contributed by atoms with Crippen LogP contribution in [0.5, 0.6) is 11.5 Å². The molecule has 0 aromatic heterocycles. The maximum atomic E-state index is 12.0. The molecule has 2 rings (SSSR count). The summed E-state index contributed by atoms with van der Waals surface area (Å²) in [6.45, 7) is 2.81. The van der Waals surface area contributed by atoms with Crippen molar-refractivity contribution in [3.05, 3.63) is 23.8 Å². The number of carbonyl (C=O) groups excluding carboxylic acids is 3. The predicted octanol–water partition coefficient (Wildman–Crippen LogP) is 1.05. The SMILES string of the molecule is CC1(C)OC(=O)C(C(=O)CCc2ccc(O)c(O)c2)C(=O)O1. The molecule has 2 N–H and O–H groups in total. The fourth-order valence-electron chi connectivity index (χ4n) is 2.12. The highest BCUT2D eigenvalue weighted by Crippen LogP contribution is 2.27.